The Balaban J connectivity index is 1.94. The lowest BCUT2D eigenvalue weighted by Gasteiger charge is -2.15. The molecule has 2 amide bonds. The van der Waals surface area contributed by atoms with Gasteiger partial charge in [-0.1, -0.05) is 0 Å². The third-order valence-corrected chi connectivity index (χ3v) is 4.82. The highest BCUT2D eigenvalue weighted by atomic mass is 16.6. The van der Waals surface area contributed by atoms with Crippen molar-refractivity contribution in [2.45, 2.75) is 20.8 Å². The highest BCUT2D eigenvalue weighted by Gasteiger charge is 2.14. The number of anilines is 1. The van der Waals surface area contributed by atoms with E-state index in [9.17, 15) is 19.7 Å². The van der Waals surface area contributed by atoms with Gasteiger partial charge in [-0.3, -0.25) is 19.7 Å². The molecule has 2 aromatic carbocycles. The topological polar surface area (TPSA) is 106 Å². The van der Waals surface area contributed by atoms with Gasteiger partial charge in [-0.05, 0) is 57.2 Å². The second-order valence-corrected chi connectivity index (χ2v) is 6.75. The summed E-state index contributed by atoms with van der Waals surface area (Å²) in [5.74, 6) is -0.525. The number of quaternary nitrogens is 1. The zero-order chi connectivity index (χ0) is 21.4. The summed E-state index contributed by atoms with van der Waals surface area (Å²) in [5.41, 5.74) is 1.77. The molecule has 0 bridgehead atoms. The Morgan fingerprint density at radius 3 is 2.17 bits per heavy atom. The molecule has 0 radical (unpaired) electrons. The second-order valence-electron chi connectivity index (χ2n) is 6.75. The van der Waals surface area contributed by atoms with E-state index in [-0.39, 0.29) is 17.5 Å². The summed E-state index contributed by atoms with van der Waals surface area (Å²) in [7, 11) is 0. The zero-order valence-electron chi connectivity index (χ0n) is 17.0. The number of aryl methyl sites for hydroxylation is 1. The van der Waals surface area contributed by atoms with Crippen LogP contribution in [-0.2, 0) is 0 Å². The van der Waals surface area contributed by atoms with Crippen molar-refractivity contribution in [1.82, 2.24) is 5.32 Å². The minimum Gasteiger partial charge on any atom is -0.346 e. The lowest BCUT2D eigenvalue weighted by Crippen LogP contribution is -3.12. The van der Waals surface area contributed by atoms with E-state index in [2.05, 4.69) is 24.5 Å². The molecule has 2 rings (SSSR count). The van der Waals surface area contributed by atoms with Crippen molar-refractivity contribution < 1.29 is 19.4 Å². The molecule has 0 fully saturated rings. The second kappa shape index (κ2) is 10.3. The number of nitro groups is 1. The summed E-state index contributed by atoms with van der Waals surface area (Å²) in [4.78, 5) is 36.4. The van der Waals surface area contributed by atoms with E-state index < -0.39 is 4.92 Å². The molecule has 29 heavy (non-hydrogen) atoms. The number of carbonyl (C=O) groups excluding carboxylic acids is 2. The van der Waals surface area contributed by atoms with Crippen molar-refractivity contribution in [3.63, 3.8) is 0 Å². The summed E-state index contributed by atoms with van der Waals surface area (Å²) in [6.07, 6.45) is 0. The summed E-state index contributed by atoms with van der Waals surface area (Å²) >= 11 is 0. The Bertz CT molecular complexity index is 877. The maximum absolute atomic E-state index is 12.4. The van der Waals surface area contributed by atoms with Gasteiger partial charge >= 0.3 is 0 Å². The van der Waals surface area contributed by atoms with Crippen molar-refractivity contribution in [3.8, 4) is 0 Å². The maximum atomic E-state index is 12.4. The molecule has 2 aromatic rings. The Morgan fingerprint density at radius 1 is 1.00 bits per heavy atom. The fraction of sp³-hybridized carbons (Fsp3) is 0.333. The smallest absolute Gasteiger partial charge is 0.272 e. The Kier molecular flexibility index (Phi) is 7.85. The molecule has 0 aliphatic heterocycles. The number of rotatable bonds is 9. The molecule has 3 N–H and O–H groups in total. The molecule has 0 saturated heterocycles. The summed E-state index contributed by atoms with van der Waals surface area (Å²) in [6, 6.07) is 10.8. The number of nitrogens with one attached hydrogen (secondary N) is 3. The number of nitrogens with zero attached hydrogens (tertiary/aromatic N) is 1. The van der Waals surface area contributed by atoms with Crippen LogP contribution >= 0.6 is 0 Å². The van der Waals surface area contributed by atoms with Crippen LogP contribution in [0.25, 0.3) is 0 Å². The average molecular weight is 399 g/mol. The molecule has 0 spiro atoms. The van der Waals surface area contributed by atoms with Gasteiger partial charge < -0.3 is 15.5 Å². The highest BCUT2D eigenvalue weighted by Crippen LogP contribution is 2.19. The normalized spacial score (nSPS) is 10.6. The first-order chi connectivity index (χ1) is 13.8. The Labute approximate surface area is 170 Å². The monoisotopic (exact) mass is 399 g/mol. The van der Waals surface area contributed by atoms with E-state index in [1.54, 1.807) is 31.2 Å². The first kappa shape index (κ1) is 22.0. The van der Waals surface area contributed by atoms with Crippen LogP contribution in [0, 0.1) is 17.0 Å². The summed E-state index contributed by atoms with van der Waals surface area (Å²) in [5, 5.41) is 16.5. The van der Waals surface area contributed by atoms with Crippen molar-refractivity contribution in [3.05, 3.63) is 69.3 Å². The van der Waals surface area contributed by atoms with Gasteiger partial charge in [0.25, 0.3) is 17.5 Å². The van der Waals surface area contributed by atoms with Gasteiger partial charge in [-0.2, -0.15) is 0 Å². The SMILES string of the molecule is CC[NH+](CC)CCNC(=O)c1ccc(NC(=O)c2ccc([N+](=O)[O-])c(C)c2)cc1. The summed E-state index contributed by atoms with van der Waals surface area (Å²) in [6.45, 7) is 9.35. The van der Waals surface area contributed by atoms with E-state index in [1.165, 1.54) is 23.1 Å². The molecule has 0 aromatic heterocycles. The largest absolute Gasteiger partial charge is 0.346 e. The molecule has 0 unspecified atom stereocenters. The maximum Gasteiger partial charge on any atom is 0.272 e. The number of carbonyl (C=O) groups is 2. The molecule has 0 atom stereocenters. The van der Waals surface area contributed by atoms with Crippen LogP contribution in [-0.4, -0.2) is 42.9 Å². The molecule has 0 aliphatic carbocycles. The van der Waals surface area contributed by atoms with Crippen LogP contribution in [0.4, 0.5) is 11.4 Å². The number of benzene rings is 2. The van der Waals surface area contributed by atoms with E-state index in [4.69, 9.17) is 0 Å². The van der Waals surface area contributed by atoms with Crippen LogP contribution in [0.1, 0.15) is 40.1 Å². The Morgan fingerprint density at radius 2 is 1.62 bits per heavy atom. The molecule has 154 valence electrons. The first-order valence-electron chi connectivity index (χ1n) is 9.63. The number of hydrogen-bond acceptors (Lipinski definition) is 4. The number of nitro benzene ring substituents is 1. The molecule has 0 aliphatic rings. The van der Waals surface area contributed by atoms with Crippen molar-refractivity contribution >= 4 is 23.2 Å². The van der Waals surface area contributed by atoms with E-state index >= 15 is 0 Å². The molecule has 0 saturated carbocycles. The quantitative estimate of drug-likeness (QED) is 0.442. The number of amides is 2. The average Bonchev–Trinajstić information content (AvgIpc) is 2.71. The van der Waals surface area contributed by atoms with Crippen molar-refractivity contribution in [2.75, 3.05) is 31.5 Å². The molecule has 8 heteroatoms. The molecule has 8 nitrogen and oxygen atoms in total. The third-order valence-electron chi connectivity index (χ3n) is 4.82. The molecular weight excluding hydrogens is 372 g/mol. The lowest BCUT2D eigenvalue weighted by atomic mass is 10.1. The highest BCUT2D eigenvalue weighted by molar-refractivity contribution is 6.04. The first-order valence-corrected chi connectivity index (χ1v) is 9.63. The number of likely N-dealkylation sites (N-methyl/N-ethyl adjacent to an activating group) is 1. The summed E-state index contributed by atoms with van der Waals surface area (Å²) < 4.78 is 0. The molecule has 0 heterocycles. The Hall–Kier alpha value is -3.26. The van der Waals surface area contributed by atoms with Gasteiger partial charge in [0.15, 0.2) is 0 Å². The minimum atomic E-state index is -0.482. The lowest BCUT2D eigenvalue weighted by molar-refractivity contribution is -0.895. The van der Waals surface area contributed by atoms with Gasteiger partial charge in [0.1, 0.15) is 0 Å². The van der Waals surface area contributed by atoms with Gasteiger partial charge in [0.05, 0.1) is 31.1 Å². The van der Waals surface area contributed by atoms with Crippen LogP contribution in [0.15, 0.2) is 42.5 Å². The predicted octanol–water partition coefficient (Wildman–Crippen LogP) is 1.81. The van der Waals surface area contributed by atoms with Gasteiger partial charge in [-0.15, -0.1) is 0 Å². The van der Waals surface area contributed by atoms with Crippen LogP contribution in [0.5, 0.6) is 0 Å². The van der Waals surface area contributed by atoms with Gasteiger partial charge in [0.2, 0.25) is 0 Å². The molecular formula is C21H27N4O4+. The van der Waals surface area contributed by atoms with Gasteiger partial charge in [0, 0.05) is 28.4 Å². The van der Waals surface area contributed by atoms with Crippen molar-refractivity contribution in [2.24, 2.45) is 0 Å². The van der Waals surface area contributed by atoms with Crippen LogP contribution in [0.2, 0.25) is 0 Å². The number of hydrogen-bond donors (Lipinski definition) is 3. The van der Waals surface area contributed by atoms with Crippen molar-refractivity contribution in [1.29, 1.82) is 0 Å². The van der Waals surface area contributed by atoms with Gasteiger partial charge in [-0.25, -0.2) is 0 Å². The van der Waals surface area contributed by atoms with E-state index in [0.29, 0.717) is 28.9 Å². The fourth-order valence-electron chi connectivity index (χ4n) is 2.97. The minimum absolute atomic E-state index is 0.0282. The van der Waals surface area contributed by atoms with E-state index in [1.807, 2.05) is 0 Å². The standard InChI is InChI=1S/C21H26N4O4/c1-4-24(5-2)13-12-22-20(26)16-6-9-18(10-7-16)23-21(27)17-8-11-19(25(28)29)15(3)14-17/h6-11,14H,4-5,12-13H2,1-3H3,(H,22,26)(H,23,27)/p+1. The third kappa shape index (κ3) is 6.11. The van der Waals surface area contributed by atoms with E-state index in [0.717, 1.165) is 19.6 Å². The van der Waals surface area contributed by atoms with Crippen LogP contribution < -0.4 is 15.5 Å². The fourth-order valence-corrected chi connectivity index (χ4v) is 2.97. The van der Waals surface area contributed by atoms with Crippen LogP contribution in [0.3, 0.4) is 0 Å². The zero-order valence-corrected chi connectivity index (χ0v) is 17.0. The predicted molar refractivity (Wildman–Crippen MR) is 111 cm³/mol.